The second-order valence-corrected chi connectivity index (χ2v) is 4.17. The number of ketones is 1. The molecule has 2 heteroatoms. The molecule has 0 heterocycles. The highest BCUT2D eigenvalue weighted by molar-refractivity contribution is 5.85. The van der Waals surface area contributed by atoms with Crippen LogP contribution in [-0.4, -0.2) is 18.5 Å². The van der Waals surface area contributed by atoms with Gasteiger partial charge in [0.2, 0.25) is 0 Å². The molecule has 0 N–H and O–H groups in total. The summed E-state index contributed by atoms with van der Waals surface area (Å²) in [6.45, 7) is 6.63. The van der Waals surface area contributed by atoms with E-state index in [1.165, 1.54) is 5.56 Å². The fourth-order valence-corrected chi connectivity index (χ4v) is 1.85. The van der Waals surface area contributed by atoms with Gasteiger partial charge >= 0.3 is 0 Å². The summed E-state index contributed by atoms with van der Waals surface area (Å²) in [7, 11) is 0. The zero-order valence-electron chi connectivity index (χ0n) is 11.0. The van der Waals surface area contributed by atoms with Crippen molar-refractivity contribution in [3.63, 3.8) is 0 Å². The average molecular weight is 234 g/mol. The van der Waals surface area contributed by atoms with Crippen molar-refractivity contribution in [1.82, 2.24) is 0 Å². The maximum absolute atomic E-state index is 12.0. The van der Waals surface area contributed by atoms with Crippen LogP contribution in [0, 0.1) is 0 Å². The van der Waals surface area contributed by atoms with Gasteiger partial charge in [0.05, 0.1) is 0 Å². The number of hydrogen-bond acceptors (Lipinski definition) is 2. The highest BCUT2D eigenvalue weighted by atomic mass is 16.5. The Balaban J connectivity index is 2.59. The molecule has 0 aromatic heterocycles. The molecule has 1 aromatic carbocycles. The van der Waals surface area contributed by atoms with E-state index in [-0.39, 0.29) is 11.9 Å². The predicted octanol–water partition coefficient (Wildman–Crippen LogP) is 3.18. The molecule has 0 aliphatic rings. The SMILES string of the molecule is CCOC(CC)C(=O)Cc1ccc(CC)cc1. The molecule has 0 aliphatic heterocycles. The molecule has 94 valence electrons. The second kappa shape index (κ2) is 7.23. The Kier molecular flexibility index (Phi) is 5.92. The fraction of sp³-hybridized carbons (Fsp3) is 0.533. The van der Waals surface area contributed by atoms with Crippen molar-refractivity contribution >= 4 is 5.78 Å². The van der Waals surface area contributed by atoms with Crippen LogP contribution in [-0.2, 0) is 22.4 Å². The molecule has 0 saturated heterocycles. The number of hydrogen-bond donors (Lipinski definition) is 0. The van der Waals surface area contributed by atoms with Crippen molar-refractivity contribution in [3.05, 3.63) is 35.4 Å². The van der Waals surface area contributed by atoms with Crippen LogP contribution in [0.3, 0.4) is 0 Å². The summed E-state index contributed by atoms with van der Waals surface area (Å²) >= 11 is 0. The molecule has 17 heavy (non-hydrogen) atoms. The number of benzene rings is 1. The van der Waals surface area contributed by atoms with Crippen LogP contribution >= 0.6 is 0 Å². The molecular weight excluding hydrogens is 212 g/mol. The van der Waals surface area contributed by atoms with Crippen LogP contribution in [0.25, 0.3) is 0 Å². The van der Waals surface area contributed by atoms with Gasteiger partial charge in [-0.3, -0.25) is 4.79 Å². The largest absolute Gasteiger partial charge is 0.371 e. The van der Waals surface area contributed by atoms with Crippen molar-refractivity contribution in [2.75, 3.05) is 6.61 Å². The van der Waals surface area contributed by atoms with Crippen LogP contribution < -0.4 is 0 Å². The highest BCUT2D eigenvalue weighted by Crippen LogP contribution is 2.09. The zero-order valence-corrected chi connectivity index (χ0v) is 11.0. The number of aryl methyl sites for hydroxylation is 1. The lowest BCUT2D eigenvalue weighted by Crippen LogP contribution is -2.25. The molecule has 0 radical (unpaired) electrons. The van der Waals surface area contributed by atoms with Gasteiger partial charge in [0.25, 0.3) is 0 Å². The van der Waals surface area contributed by atoms with Gasteiger partial charge in [-0.15, -0.1) is 0 Å². The molecule has 0 bridgehead atoms. The van der Waals surface area contributed by atoms with E-state index in [9.17, 15) is 4.79 Å². The van der Waals surface area contributed by atoms with E-state index in [0.717, 1.165) is 18.4 Å². The Bertz CT molecular complexity index is 340. The molecule has 1 atom stereocenters. The Labute approximate surface area is 104 Å². The summed E-state index contributed by atoms with van der Waals surface area (Å²) in [6.07, 6.45) is 2.01. The first kappa shape index (κ1) is 13.9. The van der Waals surface area contributed by atoms with Crippen LogP contribution in [0.15, 0.2) is 24.3 Å². The Morgan fingerprint density at radius 2 is 1.71 bits per heavy atom. The maximum Gasteiger partial charge on any atom is 0.165 e. The van der Waals surface area contributed by atoms with Gasteiger partial charge in [-0.25, -0.2) is 0 Å². The topological polar surface area (TPSA) is 26.3 Å². The second-order valence-electron chi connectivity index (χ2n) is 4.17. The normalized spacial score (nSPS) is 12.4. The van der Waals surface area contributed by atoms with Gasteiger partial charge in [-0.2, -0.15) is 0 Å². The van der Waals surface area contributed by atoms with Crippen molar-refractivity contribution in [1.29, 1.82) is 0 Å². The molecule has 0 saturated carbocycles. The lowest BCUT2D eigenvalue weighted by atomic mass is 10.0. The Morgan fingerprint density at radius 1 is 1.12 bits per heavy atom. The summed E-state index contributed by atoms with van der Waals surface area (Å²) < 4.78 is 5.42. The lowest BCUT2D eigenvalue weighted by molar-refractivity contribution is -0.129. The third-order valence-electron chi connectivity index (χ3n) is 2.91. The zero-order chi connectivity index (χ0) is 12.7. The molecular formula is C15H22O2. The Hall–Kier alpha value is -1.15. The van der Waals surface area contributed by atoms with E-state index in [0.29, 0.717) is 13.0 Å². The minimum atomic E-state index is -0.245. The van der Waals surface area contributed by atoms with E-state index in [1.54, 1.807) is 0 Å². The molecule has 1 aromatic rings. The van der Waals surface area contributed by atoms with Crippen molar-refractivity contribution in [3.8, 4) is 0 Å². The highest BCUT2D eigenvalue weighted by Gasteiger charge is 2.16. The molecule has 0 spiro atoms. The van der Waals surface area contributed by atoms with Gasteiger partial charge in [-0.1, -0.05) is 38.1 Å². The van der Waals surface area contributed by atoms with Gasteiger partial charge in [0.15, 0.2) is 5.78 Å². The molecule has 0 fully saturated rings. The first-order chi connectivity index (χ1) is 8.21. The monoisotopic (exact) mass is 234 g/mol. The van der Waals surface area contributed by atoms with Gasteiger partial charge in [0, 0.05) is 13.0 Å². The summed E-state index contributed by atoms with van der Waals surface area (Å²) in [5, 5.41) is 0. The molecule has 1 rings (SSSR count). The summed E-state index contributed by atoms with van der Waals surface area (Å²) in [6, 6.07) is 8.25. The van der Waals surface area contributed by atoms with Gasteiger partial charge < -0.3 is 4.74 Å². The molecule has 0 aliphatic carbocycles. The minimum Gasteiger partial charge on any atom is -0.371 e. The van der Waals surface area contributed by atoms with Crippen molar-refractivity contribution in [2.24, 2.45) is 0 Å². The number of Topliss-reactive ketones (excluding diaryl/α,β-unsaturated/α-hetero) is 1. The predicted molar refractivity (Wildman–Crippen MR) is 70.2 cm³/mol. The lowest BCUT2D eigenvalue weighted by Gasteiger charge is -2.13. The van der Waals surface area contributed by atoms with Crippen LogP contribution in [0.1, 0.15) is 38.3 Å². The molecule has 2 nitrogen and oxygen atoms in total. The third kappa shape index (κ3) is 4.31. The van der Waals surface area contributed by atoms with E-state index in [4.69, 9.17) is 4.74 Å². The van der Waals surface area contributed by atoms with Crippen molar-refractivity contribution < 1.29 is 9.53 Å². The number of carbonyl (C=O) groups excluding carboxylic acids is 1. The fourth-order valence-electron chi connectivity index (χ4n) is 1.85. The number of ether oxygens (including phenoxy) is 1. The third-order valence-corrected chi connectivity index (χ3v) is 2.91. The van der Waals surface area contributed by atoms with Gasteiger partial charge in [-0.05, 0) is 30.9 Å². The summed E-state index contributed by atoms with van der Waals surface area (Å²) in [4.78, 5) is 12.0. The summed E-state index contributed by atoms with van der Waals surface area (Å²) in [5.41, 5.74) is 2.38. The molecule has 1 unspecified atom stereocenters. The smallest absolute Gasteiger partial charge is 0.165 e. The quantitative estimate of drug-likeness (QED) is 0.724. The average Bonchev–Trinajstić information content (AvgIpc) is 2.36. The van der Waals surface area contributed by atoms with Crippen LogP contribution in [0.5, 0.6) is 0 Å². The van der Waals surface area contributed by atoms with Gasteiger partial charge in [0.1, 0.15) is 6.10 Å². The van der Waals surface area contributed by atoms with Crippen LogP contribution in [0.4, 0.5) is 0 Å². The van der Waals surface area contributed by atoms with E-state index in [2.05, 4.69) is 19.1 Å². The van der Waals surface area contributed by atoms with Crippen molar-refractivity contribution in [2.45, 2.75) is 46.1 Å². The Morgan fingerprint density at radius 3 is 2.18 bits per heavy atom. The van der Waals surface area contributed by atoms with E-state index >= 15 is 0 Å². The first-order valence-corrected chi connectivity index (χ1v) is 6.43. The molecule has 0 amide bonds. The van der Waals surface area contributed by atoms with E-state index in [1.807, 2.05) is 26.0 Å². The van der Waals surface area contributed by atoms with E-state index < -0.39 is 0 Å². The summed E-state index contributed by atoms with van der Waals surface area (Å²) in [5.74, 6) is 0.179. The standard InChI is InChI=1S/C15H22O2/c1-4-12-7-9-13(10-8-12)11-14(16)15(5-2)17-6-3/h7-10,15H,4-6,11H2,1-3H3. The number of carbonyl (C=O) groups is 1. The number of rotatable bonds is 7. The minimum absolute atomic E-state index is 0.179. The first-order valence-electron chi connectivity index (χ1n) is 6.43. The maximum atomic E-state index is 12.0. The van der Waals surface area contributed by atoms with Crippen LogP contribution in [0.2, 0.25) is 0 Å².